The third kappa shape index (κ3) is 8.36. The standard InChI is InChI=1S/C20H35NO5/c1-3-5-9-25-13-15(22)11-17-18(20(24)8-7-19(17)21)12-16(23)14-26-10-6-4-2/h7-8,15-16,22-24H,3-6,9-14,21H2,1-2H3. The van der Waals surface area contributed by atoms with Crippen LogP contribution < -0.4 is 5.73 Å². The van der Waals surface area contributed by atoms with Crippen molar-refractivity contribution in [1.82, 2.24) is 0 Å². The fraction of sp³-hybridized carbons (Fsp3) is 0.700. The first-order valence-electron chi connectivity index (χ1n) is 9.60. The SMILES string of the molecule is CCCCOCC(O)Cc1c(N)ccc(O)c1CC(O)COCCCC. The first-order chi connectivity index (χ1) is 12.5. The lowest BCUT2D eigenvalue weighted by Crippen LogP contribution is -2.23. The lowest BCUT2D eigenvalue weighted by atomic mass is 9.95. The van der Waals surface area contributed by atoms with Gasteiger partial charge in [0.1, 0.15) is 5.75 Å². The van der Waals surface area contributed by atoms with E-state index in [9.17, 15) is 15.3 Å². The van der Waals surface area contributed by atoms with Crippen molar-refractivity contribution in [1.29, 1.82) is 0 Å². The minimum atomic E-state index is -0.740. The van der Waals surface area contributed by atoms with E-state index < -0.39 is 12.2 Å². The van der Waals surface area contributed by atoms with Crippen molar-refractivity contribution >= 4 is 5.69 Å². The summed E-state index contributed by atoms with van der Waals surface area (Å²) < 4.78 is 10.9. The summed E-state index contributed by atoms with van der Waals surface area (Å²) in [6, 6.07) is 3.13. The Kier molecular flexibility index (Phi) is 11.3. The maximum absolute atomic E-state index is 10.2. The number of phenols is 1. The summed E-state index contributed by atoms with van der Waals surface area (Å²) >= 11 is 0. The maximum Gasteiger partial charge on any atom is 0.119 e. The largest absolute Gasteiger partial charge is 0.508 e. The third-order valence-corrected chi connectivity index (χ3v) is 4.23. The Morgan fingerprint density at radius 3 is 1.88 bits per heavy atom. The Bertz CT molecular complexity index is 464. The van der Waals surface area contributed by atoms with Crippen LogP contribution in [0.4, 0.5) is 5.69 Å². The van der Waals surface area contributed by atoms with Gasteiger partial charge < -0.3 is 30.5 Å². The number of nitrogen functional groups attached to an aromatic ring is 1. The molecule has 0 bridgehead atoms. The number of aliphatic hydroxyl groups excluding tert-OH is 2. The van der Waals surface area contributed by atoms with Gasteiger partial charge in [-0.2, -0.15) is 0 Å². The molecule has 2 unspecified atom stereocenters. The highest BCUT2D eigenvalue weighted by Crippen LogP contribution is 2.29. The zero-order valence-corrected chi connectivity index (χ0v) is 16.1. The first kappa shape index (κ1) is 22.7. The van der Waals surface area contributed by atoms with Gasteiger partial charge >= 0.3 is 0 Å². The molecule has 0 aliphatic rings. The van der Waals surface area contributed by atoms with E-state index >= 15 is 0 Å². The van der Waals surface area contributed by atoms with E-state index in [4.69, 9.17) is 15.2 Å². The molecule has 0 amide bonds. The smallest absolute Gasteiger partial charge is 0.119 e. The summed E-state index contributed by atoms with van der Waals surface area (Å²) in [5.74, 6) is 0.0703. The lowest BCUT2D eigenvalue weighted by Gasteiger charge is -2.19. The van der Waals surface area contributed by atoms with Crippen LogP contribution in [0.5, 0.6) is 5.75 Å². The number of unbranched alkanes of at least 4 members (excludes halogenated alkanes) is 2. The van der Waals surface area contributed by atoms with Crippen LogP contribution in [0.1, 0.15) is 50.7 Å². The molecule has 0 spiro atoms. The van der Waals surface area contributed by atoms with Crippen LogP contribution in [0.15, 0.2) is 12.1 Å². The van der Waals surface area contributed by atoms with Crippen LogP contribution in [-0.2, 0) is 22.3 Å². The number of nitrogens with two attached hydrogens (primary N) is 1. The minimum Gasteiger partial charge on any atom is -0.508 e. The summed E-state index contributed by atoms with van der Waals surface area (Å²) in [6.07, 6.45) is 3.02. The van der Waals surface area contributed by atoms with Gasteiger partial charge in [0.05, 0.1) is 25.4 Å². The van der Waals surface area contributed by atoms with Gasteiger partial charge in [-0.1, -0.05) is 26.7 Å². The zero-order chi connectivity index (χ0) is 19.4. The molecule has 6 heteroatoms. The van der Waals surface area contributed by atoms with Crippen LogP contribution >= 0.6 is 0 Å². The Hall–Kier alpha value is -1.34. The number of aromatic hydroxyl groups is 1. The number of hydrogen-bond acceptors (Lipinski definition) is 6. The normalized spacial score (nSPS) is 13.7. The second kappa shape index (κ2) is 12.9. The molecule has 0 aliphatic heterocycles. The van der Waals surface area contributed by atoms with Crippen LogP contribution in [0.3, 0.4) is 0 Å². The molecule has 150 valence electrons. The monoisotopic (exact) mass is 369 g/mol. The Labute approximate surface area is 156 Å². The van der Waals surface area contributed by atoms with E-state index in [0.717, 1.165) is 25.7 Å². The van der Waals surface area contributed by atoms with Crippen LogP contribution in [0.2, 0.25) is 0 Å². The van der Waals surface area contributed by atoms with Gasteiger partial charge in [0.2, 0.25) is 0 Å². The van der Waals surface area contributed by atoms with Gasteiger partial charge in [-0.15, -0.1) is 0 Å². The van der Waals surface area contributed by atoms with Gasteiger partial charge in [0, 0.05) is 37.3 Å². The van der Waals surface area contributed by atoms with Crippen molar-refractivity contribution in [2.45, 2.75) is 64.6 Å². The second-order valence-corrected chi connectivity index (χ2v) is 6.70. The summed E-state index contributed by atoms with van der Waals surface area (Å²) in [5.41, 5.74) is 7.76. The molecule has 0 saturated heterocycles. The summed E-state index contributed by atoms with van der Waals surface area (Å²) in [6.45, 7) is 5.80. The molecule has 0 saturated carbocycles. The average molecular weight is 370 g/mol. The molecule has 1 aromatic carbocycles. The number of rotatable bonds is 14. The quantitative estimate of drug-likeness (QED) is 0.228. The third-order valence-electron chi connectivity index (χ3n) is 4.23. The molecule has 0 radical (unpaired) electrons. The zero-order valence-electron chi connectivity index (χ0n) is 16.1. The second-order valence-electron chi connectivity index (χ2n) is 6.70. The lowest BCUT2D eigenvalue weighted by molar-refractivity contribution is 0.0331. The molecule has 5 N–H and O–H groups in total. The van der Waals surface area contributed by atoms with E-state index in [1.807, 2.05) is 0 Å². The van der Waals surface area contributed by atoms with Crippen LogP contribution in [0, 0.1) is 0 Å². The van der Waals surface area contributed by atoms with Crippen molar-refractivity contribution in [3.05, 3.63) is 23.3 Å². The van der Waals surface area contributed by atoms with E-state index in [0.29, 0.717) is 30.0 Å². The van der Waals surface area contributed by atoms with Crippen LogP contribution in [0.25, 0.3) is 0 Å². The van der Waals surface area contributed by atoms with Crippen molar-refractivity contribution in [2.75, 3.05) is 32.2 Å². The fourth-order valence-corrected chi connectivity index (χ4v) is 2.69. The molecular weight excluding hydrogens is 334 g/mol. The Morgan fingerprint density at radius 1 is 0.885 bits per heavy atom. The predicted molar refractivity (Wildman–Crippen MR) is 103 cm³/mol. The first-order valence-corrected chi connectivity index (χ1v) is 9.60. The Morgan fingerprint density at radius 2 is 1.38 bits per heavy atom. The average Bonchev–Trinajstić information content (AvgIpc) is 2.62. The molecule has 0 aliphatic carbocycles. The van der Waals surface area contributed by atoms with E-state index in [1.165, 1.54) is 6.07 Å². The van der Waals surface area contributed by atoms with Crippen molar-refractivity contribution in [3.63, 3.8) is 0 Å². The molecule has 1 aromatic rings. The molecule has 26 heavy (non-hydrogen) atoms. The molecule has 1 rings (SSSR count). The topological polar surface area (TPSA) is 105 Å². The van der Waals surface area contributed by atoms with Gasteiger partial charge in [-0.05, 0) is 30.5 Å². The molecule has 0 heterocycles. The minimum absolute atomic E-state index is 0.0703. The number of phenolic OH excluding ortho intramolecular Hbond substituents is 1. The van der Waals surface area contributed by atoms with E-state index in [2.05, 4.69) is 13.8 Å². The van der Waals surface area contributed by atoms with Gasteiger partial charge in [0.25, 0.3) is 0 Å². The number of anilines is 1. The predicted octanol–water partition coefficient (Wildman–Crippen LogP) is 2.41. The highest BCUT2D eigenvalue weighted by Gasteiger charge is 2.18. The summed E-state index contributed by atoms with van der Waals surface area (Å²) in [5, 5.41) is 30.7. The van der Waals surface area contributed by atoms with E-state index in [-0.39, 0.29) is 31.8 Å². The molecular formula is C20H35NO5. The summed E-state index contributed by atoms with van der Waals surface area (Å²) in [7, 11) is 0. The van der Waals surface area contributed by atoms with Crippen LogP contribution in [-0.4, -0.2) is 54.0 Å². The van der Waals surface area contributed by atoms with Crippen molar-refractivity contribution < 1.29 is 24.8 Å². The summed E-state index contributed by atoms with van der Waals surface area (Å²) in [4.78, 5) is 0. The maximum atomic E-state index is 10.2. The van der Waals surface area contributed by atoms with Gasteiger partial charge in [0.15, 0.2) is 0 Å². The highest BCUT2D eigenvalue weighted by molar-refractivity contribution is 5.56. The molecule has 6 nitrogen and oxygen atoms in total. The highest BCUT2D eigenvalue weighted by atomic mass is 16.5. The number of aliphatic hydroxyl groups is 2. The van der Waals surface area contributed by atoms with Gasteiger partial charge in [-0.3, -0.25) is 0 Å². The number of hydrogen-bond donors (Lipinski definition) is 4. The number of ether oxygens (including phenoxy) is 2. The molecule has 0 aromatic heterocycles. The van der Waals surface area contributed by atoms with Crippen molar-refractivity contribution in [2.24, 2.45) is 0 Å². The fourth-order valence-electron chi connectivity index (χ4n) is 2.69. The van der Waals surface area contributed by atoms with E-state index in [1.54, 1.807) is 6.07 Å². The molecule has 2 atom stereocenters. The Balaban J connectivity index is 2.68. The number of benzene rings is 1. The van der Waals surface area contributed by atoms with Crippen molar-refractivity contribution in [3.8, 4) is 5.75 Å². The van der Waals surface area contributed by atoms with Gasteiger partial charge in [-0.25, -0.2) is 0 Å². The molecule has 0 fully saturated rings.